The number of halogens is 1. The number of alkyl halides is 1. The van der Waals surface area contributed by atoms with E-state index in [1.807, 2.05) is 13.8 Å². The van der Waals surface area contributed by atoms with Crippen molar-refractivity contribution in [2.45, 2.75) is 51.6 Å². The predicted octanol–water partition coefficient (Wildman–Crippen LogP) is 2.57. The summed E-state index contributed by atoms with van der Waals surface area (Å²) < 4.78 is 7.48. The van der Waals surface area contributed by atoms with Crippen molar-refractivity contribution in [3.05, 3.63) is 11.6 Å². The second kappa shape index (κ2) is 5.15. The molecular formula is C11H20ClN3O. The third-order valence-electron chi connectivity index (χ3n) is 2.61. The molecule has 0 aliphatic rings. The summed E-state index contributed by atoms with van der Waals surface area (Å²) in [5, 5.41) is 8.29. The lowest BCUT2D eigenvalue weighted by Gasteiger charge is -2.23. The number of methoxy groups -OCH3 is 1. The van der Waals surface area contributed by atoms with Crippen LogP contribution in [0.25, 0.3) is 0 Å². The fourth-order valence-corrected chi connectivity index (χ4v) is 1.80. The van der Waals surface area contributed by atoms with E-state index >= 15 is 0 Å². The largest absolute Gasteiger partial charge is 0.378 e. The zero-order chi connectivity index (χ0) is 12.3. The first kappa shape index (κ1) is 13.5. The van der Waals surface area contributed by atoms with Crippen LogP contribution >= 0.6 is 11.6 Å². The molecule has 1 rings (SSSR count). The van der Waals surface area contributed by atoms with E-state index in [1.54, 1.807) is 7.11 Å². The minimum atomic E-state index is -0.233. The molecule has 16 heavy (non-hydrogen) atoms. The van der Waals surface area contributed by atoms with Crippen LogP contribution < -0.4 is 0 Å². The Morgan fingerprint density at radius 2 is 1.88 bits per heavy atom. The Balaban J connectivity index is 3.01. The Hall–Kier alpha value is -0.610. The standard InChI is InChI=1S/C11H20ClN3O/c1-8(2)15-9(6-11(3,4)16-5)13-14-10(15)7-12/h8H,6-7H2,1-5H3. The predicted molar refractivity (Wildman–Crippen MR) is 64.8 cm³/mol. The Morgan fingerprint density at radius 1 is 1.31 bits per heavy atom. The summed E-state index contributed by atoms with van der Waals surface area (Å²) in [6.07, 6.45) is 0.728. The second-order valence-electron chi connectivity index (χ2n) is 4.77. The lowest BCUT2D eigenvalue weighted by Crippen LogP contribution is -2.28. The van der Waals surface area contributed by atoms with Crippen molar-refractivity contribution in [1.29, 1.82) is 0 Å². The zero-order valence-electron chi connectivity index (χ0n) is 10.6. The van der Waals surface area contributed by atoms with Gasteiger partial charge in [-0.25, -0.2) is 0 Å². The number of aromatic nitrogens is 3. The third-order valence-corrected chi connectivity index (χ3v) is 2.85. The molecule has 0 atom stereocenters. The highest BCUT2D eigenvalue weighted by molar-refractivity contribution is 6.16. The molecule has 0 bridgehead atoms. The van der Waals surface area contributed by atoms with Gasteiger partial charge in [0.1, 0.15) is 11.6 Å². The molecule has 1 aromatic rings. The summed E-state index contributed by atoms with van der Waals surface area (Å²) in [5.74, 6) is 2.13. The molecule has 92 valence electrons. The van der Waals surface area contributed by atoms with Gasteiger partial charge in [-0.3, -0.25) is 0 Å². The van der Waals surface area contributed by atoms with E-state index < -0.39 is 0 Å². The molecule has 0 saturated heterocycles. The van der Waals surface area contributed by atoms with E-state index in [0.717, 1.165) is 18.1 Å². The van der Waals surface area contributed by atoms with Gasteiger partial charge >= 0.3 is 0 Å². The van der Waals surface area contributed by atoms with Crippen LogP contribution in [-0.4, -0.2) is 27.5 Å². The van der Waals surface area contributed by atoms with Crippen molar-refractivity contribution in [1.82, 2.24) is 14.8 Å². The minimum absolute atomic E-state index is 0.233. The van der Waals surface area contributed by atoms with Crippen molar-refractivity contribution in [3.8, 4) is 0 Å². The average molecular weight is 246 g/mol. The van der Waals surface area contributed by atoms with E-state index in [9.17, 15) is 0 Å². The van der Waals surface area contributed by atoms with E-state index in [2.05, 4.69) is 28.6 Å². The Bertz CT molecular complexity index is 347. The topological polar surface area (TPSA) is 39.9 Å². The van der Waals surface area contributed by atoms with Crippen molar-refractivity contribution >= 4 is 11.6 Å². The quantitative estimate of drug-likeness (QED) is 0.749. The van der Waals surface area contributed by atoms with Gasteiger partial charge in [0.05, 0.1) is 11.5 Å². The number of nitrogens with zero attached hydrogens (tertiary/aromatic N) is 3. The van der Waals surface area contributed by atoms with Gasteiger partial charge in [-0.2, -0.15) is 0 Å². The summed E-state index contributed by atoms with van der Waals surface area (Å²) in [5.41, 5.74) is -0.233. The molecule has 0 amide bonds. The molecule has 0 N–H and O–H groups in total. The third kappa shape index (κ3) is 2.95. The molecular weight excluding hydrogens is 226 g/mol. The van der Waals surface area contributed by atoms with Gasteiger partial charge in [-0.05, 0) is 27.7 Å². The molecule has 0 aliphatic carbocycles. The number of ether oxygens (including phenoxy) is 1. The molecule has 0 fully saturated rings. The van der Waals surface area contributed by atoms with E-state index in [1.165, 1.54) is 0 Å². The maximum absolute atomic E-state index is 5.84. The molecule has 1 heterocycles. The van der Waals surface area contributed by atoms with E-state index in [-0.39, 0.29) is 5.60 Å². The fourth-order valence-electron chi connectivity index (χ4n) is 1.62. The normalized spacial score (nSPS) is 12.4. The molecule has 0 saturated carbocycles. The highest BCUT2D eigenvalue weighted by Gasteiger charge is 2.23. The maximum atomic E-state index is 5.84. The van der Waals surface area contributed by atoms with Gasteiger partial charge in [0.15, 0.2) is 0 Å². The summed E-state index contributed by atoms with van der Waals surface area (Å²) in [6, 6.07) is 0.311. The highest BCUT2D eigenvalue weighted by atomic mass is 35.5. The summed E-state index contributed by atoms with van der Waals surface area (Å²) in [7, 11) is 1.71. The van der Waals surface area contributed by atoms with Crippen molar-refractivity contribution in [3.63, 3.8) is 0 Å². The van der Waals surface area contributed by atoms with Crippen LogP contribution in [0.15, 0.2) is 0 Å². The molecule has 0 aliphatic heterocycles. The van der Waals surface area contributed by atoms with Crippen LogP contribution in [0.1, 0.15) is 45.4 Å². The molecule has 0 aromatic carbocycles. The van der Waals surface area contributed by atoms with E-state index in [4.69, 9.17) is 16.3 Å². The highest BCUT2D eigenvalue weighted by Crippen LogP contribution is 2.19. The van der Waals surface area contributed by atoms with Crippen LogP contribution in [0.2, 0.25) is 0 Å². The van der Waals surface area contributed by atoms with Gasteiger partial charge in [0.25, 0.3) is 0 Å². The smallest absolute Gasteiger partial charge is 0.148 e. The number of hydrogen-bond acceptors (Lipinski definition) is 3. The van der Waals surface area contributed by atoms with E-state index in [0.29, 0.717) is 11.9 Å². The first-order valence-electron chi connectivity index (χ1n) is 5.45. The lowest BCUT2D eigenvalue weighted by atomic mass is 10.0. The Labute approximate surface area is 102 Å². The summed E-state index contributed by atoms with van der Waals surface area (Å²) in [4.78, 5) is 0. The maximum Gasteiger partial charge on any atom is 0.148 e. The zero-order valence-corrected chi connectivity index (χ0v) is 11.4. The van der Waals surface area contributed by atoms with Gasteiger partial charge in [-0.15, -0.1) is 21.8 Å². The fraction of sp³-hybridized carbons (Fsp3) is 0.818. The van der Waals surface area contributed by atoms with Crippen LogP contribution in [0.5, 0.6) is 0 Å². The monoisotopic (exact) mass is 245 g/mol. The molecule has 0 spiro atoms. The van der Waals surface area contributed by atoms with Crippen LogP contribution in [-0.2, 0) is 17.0 Å². The lowest BCUT2D eigenvalue weighted by molar-refractivity contribution is 0.0206. The van der Waals surface area contributed by atoms with Crippen LogP contribution in [0.4, 0.5) is 0 Å². The molecule has 1 aromatic heterocycles. The van der Waals surface area contributed by atoms with Gasteiger partial charge in [-0.1, -0.05) is 0 Å². The Morgan fingerprint density at radius 3 is 2.31 bits per heavy atom. The summed E-state index contributed by atoms with van der Waals surface area (Å²) >= 11 is 5.84. The van der Waals surface area contributed by atoms with Crippen molar-refractivity contribution in [2.75, 3.05) is 7.11 Å². The Kier molecular flexibility index (Phi) is 4.33. The first-order valence-corrected chi connectivity index (χ1v) is 5.98. The average Bonchev–Trinajstić information content (AvgIpc) is 2.60. The van der Waals surface area contributed by atoms with Crippen LogP contribution in [0.3, 0.4) is 0 Å². The molecule has 5 heteroatoms. The molecule has 0 unspecified atom stereocenters. The van der Waals surface area contributed by atoms with Gasteiger partial charge in [0, 0.05) is 19.6 Å². The first-order chi connectivity index (χ1) is 7.41. The second-order valence-corrected chi connectivity index (χ2v) is 5.04. The number of rotatable bonds is 5. The molecule has 4 nitrogen and oxygen atoms in total. The van der Waals surface area contributed by atoms with Gasteiger partial charge in [0.2, 0.25) is 0 Å². The number of hydrogen-bond donors (Lipinski definition) is 0. The minimum Gasteiger partial charge on any atom is -0.378 e. The summed E-state index contributed by atoms with van der Waals surface area (Å²) in [6.45, 7) is 8.27. The van der Waals surface area contributed by atoms with Gasteiger partial charge < -0.3 is 9.30 Å². The SMILES string of the molecule is COC(C)(C)Cc1nnc(CCl)n1C(C)C. The van der Waals surface area contributed by atoms with Crippen molar-refractivity contribution < 1.29 is 4.74 Å². The van der Waals surface area contributed by atoms with Crippen molar-refractivity contribution in [2.24, 2.45) is 0 Å². The van der Waals surface area contributed by atoms with Crippen LogP contribution in [0, 0.1) is 0 Å². The molecule has 0 radical (unpaired) electrons.